The number of amides is 1. The second-order valence-corrected chi connectivity index (χ2v) is 11.3. The summed E-state index contributed by atoms with van der Waals surface area (Å²) in [7, 11) is 0. The van der Waals surface area contributed by atoms with Crippen LogP contribution in [-0.4, -0.2) is 40.4 Å². The van der Waals surface area contributed by atoms with Crippen LogP contribution < -0.4 is 11.1 Å². The van der Waals surface area contributed by atoms with Gasteiger partial charge in [-0.05, 0) is 60.7 Å². The van der Waals surface area contributed by atoms with E-state index < -0.39 is 5.54 Å². The van der Waals surface area contributed by atoms with Crippen molar-refractivity contribution in [3.63, 3.8) is 0 Å². The lowest BCUT2D eigenvalue weighted by atomic mass is 9.86. The molecule has 1 fully saturated rings. The number of nitrogens with one attached hydrogen (secondary N) is 2. The lowest BCUT2D eigenvalue weighted by molar-refractivity contribution is -0.128. The Morgan fingerprint density at radius 3 is 2.61 bits per heavy atom. The second kappa shape index (κ2) is 12.9. The number of carbonyl (C=O) groups excluding carboxylic acids is 1. The number of aromatic amines is 1. The van der Waals surface area contributed by atoms with Crippen LogP contribution in [-0.2, 0) is 23.3 Å². The number of imidazole rings is 1. The lowest BCUT2D eigenvalue weighted by Gasteiger charge is -2.37. The minimum Gasteiger partial charge on any atom is -0.347 e. The number of nitrogens with zero attached hydrogens (tertiary/aromatic N) is 3. The van der Waals surface area contributed by atoms with Crippen LogP contribution in [0.1, 0.15) is 59.2 Å². The number of rotatable bonds is 10. The Balaban J connectivity index is 1.32. The lowest BCUT2D eigenvalue weighted by Crippen LogP contribution is -2.51. The van der Waals surface area contributed by atoms with E-state index >= 15 is 0 Å². The fourth-order valence-electron chi connectivity index (χ4n) is 5.96. The van der Waals surface area contributed by atoms with E-state index in [1.165, 1.54) is 11.1 Å². The van der Waals surface area contributed by atoms with Gasteiger partial charge in [0.05, 0.1) is 41.3 Å². The molecule has 3 atom stereocenters. The standard InChI is InChI=1S/C34H38N6O/c1-34(32-21-37-24-38-32,18-25-12-14-26(19-35)15-13-25)39-33(41)30-11-6-16-40(22-30)23-31(28-8-3-2-4-9-28)29-10-5-7-27(17-29)20-36/h2-5,7-10,12-15,17,21,24,30-31H,6,11,16,18,20,22-23,36H2,1H3,(H,37,38)(H,39,41)/t30-,31?,34?/m0/s1. The maximum absolute atomic E-state index is 13.8. The number of carbonyl (C=O) groups is 1. The second-order valence-electron chi connectivity index (χ2n) is 11.3. The van der Waals surface area contributed by atoms with E-state index in [0.29, 0.717) is 25.1 Å². The molecule has 3 aromatic carbocycles. The maximum Gasteiger partial charge on any atom is 0.225 e. The Hall–Kier alpha value is -4.25. The van der Waals surface area contributed by atoms with Crippen molar-refractivity contribution in [1.82, 2.24) is 20.2 Å². The number of piperidine rings is 1. The van der Waals surface area contributed by atoms with Gasteiger partial charge in [-0.15, -0.1) is 0 Å². The van der Waals surface area contributed by atoms with Crippen molar-refractivity contribution in [3.05, 3.63) is 125 Å². The van der Waals surface area contributed by atoms with E-state index in [2.05, 4.69) is 74.8 Å². The first kappa shape index (κ1) is 28.3. The van der Waals surface area contributed by atoms with Gasteiger partial charge in [0.15, 0.2) is 0 Å². The average molecular weight is 547 g/mol. The van der Waals surface area contributed by atoms with Crippen molar-refractivity contribution in [3.8, 4) is 6.07 Å². The fraction of sp³-hybridized carbons (Fsp3) is 0.324. The highest BCUT2D eigenvalue weighted by atomic mass is 16.2. The van der Waals surface area contributed by atoms with Gasteiger partial charge in [0.2, 0.25) is 5.91 Å². The summed E-state index contributed by atoms with van der Waals surface area (Å²) in [6.07, 6.45) is 5.83. The number of hydrogen-bond donors (Lipinski definition) is 3. The number of nitriles is 1. The van der Waals surface area contributed by atoms with Gasteiger partial charge in [0.25, 0.3) is 0 Å². The third-order valence-electron chi connectivity index (χ3n) is 8.24. The summed E-state index contributed by atoms with van der Waals surface area (Å²) in [5, 5.41) is 12.6. The van der Waals surface area contributed by atoms with Crippen molar-refractivity contribution < 1.29 is 4.79 Å². The zero-order valence-electron chi connectivity index (χ0n) is 23.6. The number of H-pyrrole nitrogens is 1. The van der Waals surface area contributed by atoms with Crippen LogP contribution in [0, 0.1) is 17.2 Å². The van der Waals surface area contributed by atoms with E-state index in [1.807, 2.05) is 37.3 Å². The molecule has 0 radical (unpaired) electrons. The Morgan fingerprint density at radius 2 is 1.90 bits per heavy atom. The summed E-state index contributed by atoms with van der Waals surface area (Å²) in [5.41, 5.74) is 11.4. The molecular formula is C34H38N6O. The monoisotopic (exact) mass is 546 g/mol. The van der Waals surface area contributed by atoms with Crippen LogP contribution >= 0.6 is 0 Å². The molecule has 7 nitrogen and oxygen atoms in total. The first-order valence-electron chi connectivity index (χ1n) is 14.3. The Labute approximate surface area is 242 Å². The average Bonchev–Trinajstić information content (AvgIpc) is 3.57. The normalized spacial score (nSPS) is 17.7. The van der Waals surface area contributed by atoms with Gasteiger partial charge in [-0.3, -0.25) is 4.79 Å². The predicted molar refractivity (Wildman–Crippen MR) is 161 cm³/mol. The molecular weight excluding hydrogens is 508 g/mol. The van der Waals surface area contributed by atoms with E-state index in [1.54, 1.807) is 12.5 Å². The molecule has 1 aliphatic rings. The molecule has 5 rings (SSSR count). The van der Waals surface area contributed by atoms with Crippen molar-refractivity contribution in [2.24, 2.45) is 11.7 Å². The third-order valence-corrected chi connectivity index (χ3v) is 8.24. The molecule has 0 spiro atoms. The minimum atomic E-state index is -0.667. The molecule has 1 aliphatic heterocycles. The third kappa shape index (κ3) is 6.91. The Bertz CT molecular complexity index is 1460. The van der Waals surface area contributed by atoms with Gasteiger partial charge in [-0.25, -0.2) is 4.98 Å². The topological polar surface area (TPSA) is 111 Å². The highest BCUT2D eigenvalue weighted by Gasteiger charge is 2.35. The molecule has 2 heterocycles. The first-order valence-corrected chi connectivity index (χ1v) is 14.3. The molecule has 0 aliphatic carbocycles. The number of hydrogen-bond acceptors (Lipinski definition) is 5. The van der Waals surface area contributed by atoms with Crippen LogP contribution in [0.4, 0.5) is 0 Å². The van der Waals surface area contributed by atoms with Crippen LogP contribution in [0.25, 0.3) is 0 Å². The molecule has 1 amide bonds. The van der Waals surface area contributed by atoms with E-state index in [9.17, 15) is 10.1 Å². The van der Waals surface area contributed by atoms with Crippen LogP contribution in [0.15, 0.2) is 91.4 Å². The predicted octanol–water partition coefficient (Wildman–Crippen LogP) is 4.86. The Morgan fingerprint density at radius 1 is 1.12 bits per heavy atom. The van der Waals surface area contributed by atoms with Gasteiger partial charge >= 0.3 is 0 Å². The summed E-state index contributed by atoms with van der Waals surface area (Å²) in [5.74, 6) is 0.136. The summed E-state index contributed by atoms with van der Waals surface area (Å²) in [6, 6.07) is 28.9. The molecule has 4 aromatic rings. The van der Waals surface area contributed by atoms with Crippen molar-refractivity contribution in [2.75, 3.05) is 19.6 Å². The molecule has 0 saturated carbocycles. The summed E-state index contributed by atoms with van der Waals surface area (Å²) in [6.45, 7) is 5.06. The number of nitrogens with two attached hydrogens (primary N) is 1. The van der Waals surface area contributed by atoms with E-state index in [4.69, 9.17) is 5.73 Å². The summed E-state index contributed by atoms with van der Waals surface area (Å²) < 4.78 is 0. The summed E-state index contributed by atoms with van der Waals surface area (Å²) in [4.78, 5) is 23.7. The molecule has 41 heavy (non-hydrogen) atoms. The van der Waals surface area contributed by atoms with Gasteiger partial charge in [0.1, 0.15) is 0 Å². The first-order chi connectivity index (χ1) is 20.0. The zero-order valence-corrected chi connectivity index (χ0v) is 23.6. The maximum atomic E-state index is 13.8. The van der Waals surface area contributed by atoms with Crippen molar-refractivity contribution in [1.29, 1.82) is 5.26 Å². The minimum absolute atomic E-state index is 0.0573. The van der Waals surface area contributed by atoms with Crippen molar-refractivity contribution in [2.45, 2.75) is 44.2 Å². The molecule has 0 bridgehead atoms. The van der Waals surface area contributed by atoms with Crippen LogP contribution in [0.3, 0.4) is 0 Å². The van der Waals surface area contributed by atoms with Crippen LogP contribution in [0.5, 0.6) is 0 Å². The molecule has 1 aromatic heterocycles. The SMILES string of the molecule is CC(Cc1ccc(C#N)cc1)(NC(=O)[C@H]1CCCN(CC(c2ccccc2)c2cccc(CN)c2)C1)c1cnc[nH]1. The van der Waals surface area contributed by atoms with Gasteiger partial charge in [-0.2, -0.15) is 5.26 Å². The molecule has 210 valence electrons. The van der Waals surface area contributed by atoms with Crippen LogP contribution in [0.2, 0.25) is 0 Å². The Kier molecular flexibility index (Phi) is 8.93. The van der Waals surface area contributed by atoms with E-state index in [0.717, 1.165) is 42.8 Å². The summed E-state index contributed by atoms with van der Waals surface area (Å²) >= 11 is 0. The smallest absolute Gasteiger partial charge is 0.225 e. The van der Waals surface area contributed by atoms with Crippen molar-refractivity contribution >= 4 is 5.91 Å². The number of likely N-dealkylation sites (tertiary alicyclic amines) is 1. The van der Waals surface area contributed by atoms with E-state index in [-0.39, 0.29) is 17.7 Å². The highest BCUT2D eigenvalue weighted by Crippen LogP contribution is 2.30. The molecule has 1 saturated heterocycles. The quantitative estimate of drug-likeness (QED) is 0.263. The number of benzene rings is 3. The molecule has 2 unspecified atom stereocenters. The van der Waals surface area contributed by atoms with Gasteiger partial charge in [0, 0.05) is 32.0 Å². The largest absolute Gasteiger partial charge is 0.347 e. The zero-order chi connectivity index (χ0) is 28.7. The highest BCUT2D eigenvalue weighted by molar-refractivity contribution is 5.80. The fourth-order valence-corrected chi connectivity index (χ4v) is 5.96. The molecule has 4 N–H and O–H groups in total. The molecule has 7 heteroatoms. The van der Waals surface area contributed by atoms with Gasteiger partial charge in [-0.1, -0.05) is 66.7 Å². The number of aromatic nitrogens is 2. The van der Waals surface area contributed by atoms with Gasteiger partial charge < -0.3 is 20.9 Å².